The number of nitrogens with zero attached hydrogens (tertiary/aromatic N) is 2. The van der Waals surface area contributed by atoms with Gasteiger partial charge >= 0.3 is 5.97 Å². The van der Waals surface area contributed by atoms with E-state index >= 15 is 0 Å². The number of carbonyl (C=O) groups is 1. The molecule has 0 radical (unpaired) electrons. The maximum absolute atomic E-state index is 10.8. The van der Waals surface area contributed by atoms with Crippen LogP contribution < -0.4 is 5.32 Å². The van der Waals surface area contributed by atoms with Gasteiger partial charge in [0.1, 0.15) is 0 Å². The van der Waals surface area contributed by atoms with E-state index in [9.17, 15) is 4.79 Å². The topological polar surface area (TPSA) is 95.3 Å². The minimum atomic E-state index is -0.829. The molecule has 0 saturated heterocycles. The molecule has 0 aliphatic carbocycles. The second-order valence-corrected chi connectivity index (χ2v) is 4.99. The van der Waals surface area contributed by atoms with Crippen molar-refractivity contribution in [2.45, 2.75) is 31.9 Å². The Morgan fingerprint density at radius 2 is 2.00 bits per heavy atom. The highest BCUT2D eigenvalue weighted by atomic mass is 16.4. The quantitative estimate of drug-likeness (QED) is 0.689. The number of aliphatic carboxylic acids is 1. The fraction of sp³-hybridized carbons (Fsp3) is 0.312. The number of rotatable bonds is 8. The summed E-state index contributed by atoms with van der Waals surface area (Å²) in [5, 5.41) is 21.2. The molecule has 6 heteroatoms. The van der Waals surface area contributed by atoms with Crippen molar-refractivity contribution in [3.05, 3.63) is 53.9 Å². The van der Waals surface area contributed by atoms with E-state index < -0.39 is 5.97 Å². The summed E-state index contributed by atoms with van der Waals surface area (Å²) in [5.74, 6) is -0.428. The first-order valence-corrected chi connectivity index (χ1v) is 7.12. The predicted molar refractivity (Wildman–Crippen MR) is 82.4 cm³/mol. The summed E-state index contributed by atoms with van der Waals surface area (Å²) >= 11 is 0. The average Bonchev–Trinajstić information content (AvgIpc) is 2.54. The number of nitrogens with one attached hydrogen (secondary N) is 1. The van der Waals surface area contributed by atoms with E-state index in [1.54, 1.807) is 12.3 Å². The molecule has 116 valence electrons. The van der Waals surface area contributed by atoms with Crippen LogP contribution in [0.3, 0.4) is 0 Å². The van der Waals surface area contributed by atoms with Gasteiger partial charge in [-0.05, 0) is 24.5 Å². The van der Waals surface area contributed by atoms with Gasteiger partial charge in [-0.1, -0.05) is 30.3 Å². The first-order valence-electron chi connectivity index (χ1n) is 7.12. The minimum Gasteiger partial charge on any atom is -0.481 e. The smallest absolute Gasteiger partial charge is 0.303 e. The second kappa shape index (κ2) is 8.09. The molecule has 1 aromatic carbocycles. The van der Waals surface area contributed by atoms with Gasteiger partial charge in [-0.3, -0.25) is 4.79 Å². The van der Waals surface area contributed by atoms with Gasteiger partial charge in [-0.2, -0.15) is 0 Å². The zero-order valence-electron chi connectivity index (χ0n) is 12.1. The molecule has 1 heterocycles. The number of anilines is 1. The molecule has 0 spiro atoms. The lowest BCUT2D eigenvalue weighted by molar-refractivity contribution is -0.137. The van der Waals surface area contributed by atoms with E-state index in [0.29, 0.717) is 24.5 Å². The Labute approximate surface area is 128 Å². The first-order chi connectivity index (χ1) is 10.7. The van der Waals surface area contributed by atoms with Gasteiger partial charge in [-0.25, -0.2) is 9.97 Å². The molecule has 0 fully saturated rings. The van der Waals surface area contributed by atoms with Crippen LogP contribution >= 0.6 is 0 Å². The van der Waals surface area contributed by atoms with Crippen molar-refractivity contribution in [1.82, 2.24) is 9.97 Å². The van der Waals surface area contributed by atoms with E-state index in [1.807, 2.05) is 30.3 Å². The van der Waals surface area contributed by atoms with Gasteiger partial charge in [0, 0.05) is 18.7 Å². The number of hydrogen-bond acceptors (Lipinski definition) is 5. The molecule has 3 N–H and O–H groups in total. The SMILES string of the molecule is O=C(O)CCC(Cc1ccccc1)Nc1nccc(CO)n1. The van der Waals surface area contributed by atoms with Crippen LogP contribution in [0.25, 0.3) is 0 Å². The normalized spacial score (nSPS) is 11.9. The Morgan fingerprint density at radius 3 is 2.68 bits per heavy atom. The summed E-state index contributed by atoms with van der Waals surface area (Å²) in [6.45, 7) is -0.157. The van der Waals surface area contributed by atoms with Crippen molar-refractivity contribution in [3.63, 3.8) is 0 Å². The largest absolute Gasteiger partial charge is 0.481 e. The summed E-state index contributed by atoms with van der Waals surface area (Å²) in [5.41, 5.74) is 1.64. The number of hydrogen-bond donors (Lipinski definition) is 3. The summed E-state index contributed by atoms with van der Waals surface area (Å²) in [6.07, 6.45) is 2.79. The van der Waals surface area contributed by atoms with E-state index in [1.165, 1.54) is 0 Å². The molecule has 0 aliphatic heterocycles. The Balaban J connectivity index is 2.07. The minimum absolute atomic E-state index is 0.0736. The Hall–Kier alpha value is -2.47. The molecule has 22 heavy (non-hydrogen) atoms. The van der Waals surface area contributed by atoms with Gasteiger partial charge in [0.25, 0.3) is 0 Å². The van der Waals surface area contributed by atoms with Crippen LogP contribution in [-0.2, 0) is 17.8 Å². The lowest BCUT2D eigenvalue weighted by Crippen LogP contribution is -2.25. The predicted octanol–water partition coefficient (Wildman–Crippen LogP) is 1.86. The van der Waals surface area contributed by atoms with E-state index in [-0.39, 0.29) is 19.1 Å². The van der Waals surface area contributed by atoms with Gasteiger partial charge in [0.2, 0.25) is 5.95 Å². The van der Waals surface area contributed by atoms with Crippen LogP contribution in [-0.4, -0.2) is 32.2 Å². The lowest BCUT2D eigenvalue weighted by Gasteiger charge is -2.18. The average molecular weight is 301 g/mol. The Morgan fingerprint density at radius 1 is 1.23 bits per heavy atom. The van der Waals surface area contributed by atoms with E-state index in [2.05, 4.69) is 15.3 Å². The summed E-state index contributed by atoms with van der Waals surface area (Å²) in [4.78, 5) is 19.1. The molecule has 1 unspecified atom stereocenters. The lowest BCUT2D eigenvalue weighted by atomic mass is 10.0. The van der Waals surface area contributed by atoms with E-state index in [0.717, 1.165) is 5.56 Å². The third-order valence-corrected chi connectivity index (χ3v) is 3.24. The van der Waals surface area contributed by atoms with Crippen molar-refractivity contribution in [2.75, 3.05) is 5.32 Å². The van der Waals surface area contributed by atoms with Crippen molar-refractivity contribution in [3.8, 4) is 0 Å². The van der Waals surface area contributed by atoms with Crippen molar-refractivity contribution in [2.24, 2.45) is 0 Å². The zero-order valence-corrected chi connectivity index (χ0v) is 12.1. The fourth-order valence-electron chi connectivity index (χ4n) is 2.16. The third-order valence-electron chi connectivity index (χ3n) is 3.24. The van der Waals surface area contributed by atoms with Crippen LogP contribution in [0.5, 0.6) is 0 Å². The Bertz CT molecular complexity index is 605. The van der Waals surface area contributed by atoms with Crippen LogP contribution in [0.15, 0.2) is 42.6 Å². The van der Waals surface area contributed by atoms with Crippen LogP contribution in [0.1, 0.15) is 24.1 Å². The maximum Gasteiger partial charge on any atom is 0.303 e. The monoisotopic (exact) mass is 301 g/mol. The fourth-order valence-corrected chi connectivity index (χ4v) is 2.16. The first kappa shape index (κ1) is 15.9. The molecule has 0 aliphatic rings. The number of carboxylic acid groups (broad SMARTS) is 1. The highest BCUT2D eigenvalue weighted by Crippen LogP contribution is 2.12. The van der Waals surface area contributed by atoms with Gasteiger partial charge in [0.05, 0.1) is 12.3 Å². The van der Waals surface area contributed by atoms with Crippen molar-refractivity contribution < 1.29 is 15.0 Å². The van der Waals surface area contributed by atoms with E-state index in [4.69, 9.17) is 10.2 Å². The molecular formula is C16H19N3O3. The molecule has 2 aromatic rings. The number of aliphatic hydroxyl groups excluding tert-OH is 1. The highest BCUT2D eigenvalue weighted by molar-refractivity contribution is 5.66. The number of carboxylic acids is 1. The number of aromatic nitrogens is 2. The van der Waals surface area contributed by atoms with Crippen molar-refractivity contribution in [1.29, 1.82) is 0 Å². The standard InChI is InChI=1S/C16H19N3O3/c20-11-14-8-9-17-16(19-14)18-13(6-7-15(21)22)10-12-4-2-1-3-5-12/h1-5,8-9,13,20H,6-7,10-11H2,(H,21,22)(H,17,18,19). The molecule has 0 amide bonds. The van der Waals surface area contributed by atoms with Crippen LogP contribution in [0.2, 0.25) is 0 Å². The molecule has 6 nitrogen and oxygen atoms in total. The second-order valence-electron chi connectivity index (χ2n) is 4.99. The number of benzene rings is 1. The Kier molecular flexibility index (Phi) is 5.85. The summed E-state index contributed by atoms with van der Waals surface area (Å²) < 4.78 is 0. The van der Waals surface area contributed by atoms with Crippen molar-refractivity contribution >= 4 is 11.9 Å². The third kappa shape index (κ3) is 5.14. The molecule has 2 rings (SSSR count). The zero-order chi connectivity index (χ0) is 15.8. The summed E-state index contributed by atoms with van der Waals surface area (Å²) in [6, 6.07) is 11.4. The number of aliphatic hydroxyl groups is 1. The van der Waals surface area contributed by atoms with Gasteiger partial charge in [-0.15, -0.1) is 0 Å². The molecule has 1 atom stereocenters. The highest BCUT2D eigenvalue weighted by Gasteiger charge is 2.13. The summed E-state index contributed by atoms with van der Waals surface area (Å²) in [7, 11) is 0. The molecular weight excluding hydrogens is 282 g/mol. The maximum atomic E-state index is 10.8. The molecule has 0 bridgehead atoms. The molecule has 1 aromatic heterocycles. The van der Waals surface area contributed by atoms with Crippen LogP contribution in [0, 0.1) is 0 Å². The van der Waals surface area contributed by atoms with Crippen LogP contribution in [0.4, 0.5) is 5.95 Å². The van der Waals surface area contributed by atoms with Gasteiger partial charge in [0.15, 0.2) is 0 Å². The van der Waals surface area contributed by atoms with Gasteiger partial charge < -0.3 is 15.5 Å². The molecule has 0 saturated carbocycles.